The molecule has 2 N–H and O–H groups in total. The Morgan fingerprint density at radius 2 is 1.56 bits per heavy atom. The molecule has 0 saturated carbocycles. The van der Waals surface area contributed by atoms with Crippen LogP contribution in [0.2, 0.25) is 0 Å². The number of alkyl halides is 3. The lowest BCUT2D eigenvalue weighted by Crippen LogP contribution is -2.11. The highest BCUT2D eigenvalue weighted by Crippen LogP contribution is 2.31. The second-order valence-corrected chi connectivity index (χ2v) is 8.00. The second kappa shape index (κ2) is 9.55. The minimum absolute atomic E-state index is 0.278. The van der Waals surface area contributed by atoms with Crippen LogP contribution in [0.15, 0.2) is 72.8 Å². The summed E-state index contributed by atoms with van der Waals surface area (Å²) in [4.78, 5) is 17.5. The number of aromatic nitrogens is 1. The largest absolute Gasteiger partial charge is 0.416 e. The number of anilines is 2. The van der Waals surface area contributed by atoms with Gasteiger partial charge in [-0.1, -0.05) is 37.6 Å². The number of halogens is 3. The number of hydrogen-bond acceptors (Lipinski definition) is 3. The van der Waals surface area contributed by atoms with Crippen LogP contribution in [-0.4, -0.2) is 17.9 Å². The number of nitrogens with one attached hydrogen (secondary N) is 2. The molecule has 0 bridgehead atoms. The highest BCUT2D eigenvalue weighted by molar-refractivity contribution is 6.06. The van der Waals surface area contributed by atoms with Gasteiger partial charge < -0.3 is 10.6 Å². The van der Waals surface area contributed by atoms with Crippen LogP contribution in [0.1, 0.15) is 35.0 Å². The number of nitrogens with zero attached hydrogens (tertiary/aromatic N) is 1. The van der Waals surface area contributed by atoms with E-state index in [1.54, 1.807) is 24.3 Å². The standard InChI is InChI=1S/C27H24F3N3O/c1-3-4-21-16-25(31-2)23-15-22(13-14-24(23)32-21)33-26(34)19-7-5-17(6-8-19)18-9-11-20(12-10-18)27(28,29)30/h5-16H,3-4H2,1-2H3,(H,31,32)(H,33,34). The first kappa shape index (κ1) is 23.3. The van der Waals surface area contributed by atoms with Crippen LogP contribution in [0.25, 0.3) is 22.0 Å². The van der Waals surface area contributed by atoms with Gasteiger partial charge in [-0.05, 0) is 66.1 Å². The van der Waals surface area contributed by atoms with Crippen molar-refractivity contribution in [2.45, 2.75) is 25.9 Å². The minimum Gasteiger partial charge on any atom is -0.388 e. The van der Waals surface area contributed by atoms with Crippen LogP contribution < -0.4 is 10.6 Å². The van der Waals surface area contributed by atoms with E-state index in [9.17, 15) is 18.0 Å². The number of carbonyl (C=O) groups excluding carboxylic acids is 1. The van der Waals surface area contributed by atoms with Crippen LogP contribution in [-0.2, 0) is 12.6 Å². The third-order valence-corrected chi connectivity index (χ3v) is 5.59. The molecule has 34 heavy (non-hydrogen) atoms. The molecule has 1 heterocycles. The van der Waals surface area contributed by atoms with E-state index in [1.807, 2.05) is 31.3 Å². The molecule has 4 nitrogen and oxygen atoms in total. The highest BCUT2D eigenvalue weighted by atomic mass is 19.4. The number of carbonyl (C=O) groups is 1. The van der Waals surface area contributed by atoms with E-state index >= 15 is 0 Å². The summed E-state index contributed by atoms with van der Waals surface area (Å²) in [7, 11) is 1.86. The lowest BCUT2D eigenvalue weighted by Gasteiger charge is -2.12. The molecule has 4 aromatic rings. The van der Waals surface area contributed by atoms with Gasteiger partial charge in [0.1, 0.15) is 0 Å². The summed E-state index contributed by atoms with van der Waals surface area (Å²) in [5.41, 5.74) is 4.59. The van der Waals surface area contributed by atoms with Crippen molar-refractivity contribution in [2.75, 3.05) is 17.7 Å². The SMILES string of the molecule is CCCc1cc(NC)c2cc(NC(=O)c3ccc(-c4ccc(C(F)(F)F)cc4)cc3)ccc2n1. The first-order valence-corrected chi connectivity index (χ1v) is 11.0. The van der Waals surface area contributed by atoms with E-state index in [1.165, 1.54) is 12.1 Å². The summed E-state index contributed by atoms with van der Waals surface area (Å²) in [5, 5.41) is 7.02. The lowest BCUT2D eigenvalue weighted by molar-refractivity contribution is -0.137. The van der Waals surface area contributed by atoms with Gasteiger partial charge >= 0.3 is 6.18 Å². The van der Waals surface area contributed by atoms with Gasteiger partial charge in [0.25, 0.3) is 5.91 Å². The predicted molar refractivity (Wildman–Crippen MR) is 130 cm³/mol. The van der Waals surface area contributed by atoms with Crippen molar-refractivity contribution in [1.29, 1.82) is 0 Å². The molecular weight excluding hydrogens is 439 g/mol. The summed E-state index contributed by atoms with van der Waals surface area (Å²) >= 11 is 0. The van der Waals surface area contributed by atoms with E-state index in [0.717, 1.165) is 52.8 Å². The maximum atomic E-state index is 12.8. The molecule has 0 atom stereocenters. The molecule has 0 fully saturated rings. The van der Waals surface area contributed by atoms with Gasteiger partial charge in [0.05, 0.1) is 11.1 Å². The number of aryl methyl sites for hydroxylation is 1. The van der Waals surface area contributed by atoms with Gasteiger partial charge in [0.15, 0.2) is 0 Å². The summed E-state index contributed by atoms with van der Waals surface area (Å²) in [6, 6.07) is 19.3. The van der Waals surface area contributed by atoms with Gasteiger partial charge in [-0.3, -0.25) is 9.78 Å². The molecular formula is C27H24F3N3O. The molecule has 7 heteroatoms. The second-order valence-electron chi connectivity index (χ2n) is 8.00. The van der Waals surface area contributed by atoms with Crippen molar-refractivity contribution in [3.8, 4) is 11.1 Å². The first-order valence-electron chi connectivity index (χ1n) is 11.0. The number of amides is 1. The summed E-state index contributed by atoms with van der Waals surface area (Å²) < 4.78 is 38.3. The summed E-state index contributed by atoms with van der Waals surface area (Å²) in [6.07, 6.45) is -2.47. The van der Waals surface area contributed by atoms with E-state index in [2.05, 4.69) is 17.6 Å². The quantitative estimate of drug-likeness (QED) is 0.319. The Labute approximate surface area is 195 Å². The maximum absolute atomic E-state index is 12.8. The van der Waals surface area contributed by atoms with Gasteiger partial charge in [0.2, 0.25) is 0 Å². The number of pyridine rings is 1. The van der Waals surface area contributed by atoms with Crippen molar-refractivity contribution < 1.29 is 18.0 Å². The zero-order chi connectivity index (χ0) is 24.3. The Morgan fingerprint density at radius 1 is 0.912 bits per heavy atom. The number of rotatable bonds is 6. The van der Waals surface area contributed by atoms with Crippen molar-refractivity contribution in [2.24, 2.45) is 0 Å². The molecule has 1 aromatic heterocycles. The molecule has 0 radical (unpaired) electrons. The fourth-order valence-electron chi connectivity index (χ4n) is 3.82. The fraction of sp³-hybridized carbons (Fsp3) is 0.185. The van der Waals surface area contributed by atoms with E-state index < -0.39 is 11.7 Å². The number of benzene rings is 3. The van der Waals surface area contributed by atoms with Crippen molar-refractivity contribution in [1.82, 2.24) is 4.98 Å². The minimum atomic E-state index is -4.37. The van der Waals surface area contributed by atoms with E-state index in [0.29, 0.717) is 16.8 Å². The van der Waals surface area contributed by atoms with Gasteiger partial charge in [-0.25, -0.2) is 0 Å². The monoisotopic (exact) mass is 463 g/mol. The van der Waals surface area contributed by atoms with Crippen LogP contribution in [0.4, 0.5) is 24.5 Å². The van der Waals surface area contributed by atoms with Gasteiger partial charge in [-0.15, -0.1) is 0 Å². The fourth-order valence-corrected chi connectivity index (χ4v) is 3.82. The van der Waals surface area contributed by atoms with E-state index in [-0.39, 0.29) is 5.91 Å². The van der Waals surface area contributed by atoms with Crippen LogP contribution in [0.5, 0.6) is 0 Å². The topological polar surface area (TPSA) is 54.0 Å². The molecule has 174 valence electrons. The number of hydrogen-bond donors (Lipinski definition) is 2. The zero-order valence-electron chi connectivity index (χ0n) is 18.8. The first-order chi connectivity index (χ1) is 16.3. The molecule has 1 amide bonds. The third-order valence-electron chi connectivity index (χ3n) is 5.59. The molecule has 0 aliphatic heterocycles. The molecule has 0 aliphatic carbocycles. The Bertz CT molecular complexity index is 1310. The highest BCUT2D eigenvalue weighted by Gasteiger charge is 2.29. The average Bonchev–Trinajstić information content (AvgIpc) is 2.83. The lowest BCUT2D eigenvalue weighted by atomic mass is 10.0. The molecule has 0 saturated heterocycles. The van der Waals surface area contributed by atoms with Gasteiger partial charge in [0, 0.05) is 35.1 Å². The van der Waals surface area contributed by atoms with Crippen LogP contribution in [0, 0.1) is 0 Å². The van der Waals surface area contributed by atoms with Crippen LogP contribution >= 0.6 is 0 Å². The molecule has 4 rings (SSSR count). The molecule has 0 spiro atoms. The Morgan fingerprint density at radius 3 is 2.15 bits per heavy atom. The zero-order valence-corrected chi connectivity index (χ0v) is 18.8. The Balaban J connectivity index is 1.52. The Hall–Kier alpha value is -3.87. The maximum Gasteiger partial charge on any atom is 0.416 e. The Kier molecular flexibility index (Phi) is 6.54. The summed E-state index contributed by atoms with van der Waals surface area (Å²) in [6.45, 7) is 2.11. The third kappa shape index (κ3) is 5.03. The van der Waals surface area contributed by atoms with Crippen molar-refractivity contribution in [3.63, 3.8) is 0 Å². The number of fused-ring (bicyclic) bond motifs is 1. The molecule has 0 aliphatic rings. The molecule has 0 unspecified atom stereocenters. The van der Waals surface area contributed by atoms with Gasteiger partial charge in [-0.2, -0.15) is 13.2 Å². The van der Waals surface area contributed by atoms with Crippen molar-refractivity contribution in [3.05, 3.63) is 89.6 Å². The average molecular weight is 464 g/mol. The smallest absolute Gasteiger partial charge is 0.388 e. The van der Waals surface area contributed by atoms with Crippen LogP contribution in [0.3, 0.4) is 0 Å². The predicted octanol–water partition coefficient (Wildman–Crippen LogP) is 7.17. The van der Waals surface area contributed by atoms with Crippen molar-refractivity contribution >= 4 is 28.2 Å². The van der Waals surface area contributed by atoms with E-state index in [4.69, 9.17) is 4.98 Å². The summed E-state index contributed by atoms with van der Waals surface area (Å²) in [5.74, 6) is -0.278. The normalized spacial score (nSPS) is 11.4. The molecule has 3 aromatic carbocycles.